The fraction of sp³-hybridized carbons (Fsp3) is 0.263. The molecule has 0 atom stereocenters. The van der Waals surface area contributed by atoms with Gasteiger partial charge in [0.05, 0.1) is 17.7 Å². The predicted molar refractivity (Wildman–Crippen MR) is 105 cm³/mol. The number of thiophene rings is 1. The number of fused-ring (bicyclic) bond motifs is 1. The van der Waals surface area contributed by atoms with Gasteiger partial charge in [0.2, 0.25) is 5.91 Å². The average Bonchev–Trinajstić information content (AvgIpc) is 3.06. The summed E-state index contributed by atoms with van der Waals surface area (Å²) in [5, 5.41) is 9.66. The number of nitrogens with zero attached hydrogens (tertiary/aromatic N) is 2. The monoisotopic (exact) mass is 385 g/mol. The first-order valence-corrected chi connectivity index (χ1v) is 9.42. The molecular weight excluding hydrogens is 366 g/mol. The van der Waals surface area contributed by atoms with Crippen molar-refractivity contribution in [3.63, 3.8) is 0 Å². The van der Waals surface area contributed by atoms with Crippen LogP contribution in [0.2, 0.25) is 0 Å². The van der Waals surface area contributed by atoms with E-state index in [2.05, 4.69) is 10.4 Å². The number of esters is 1. The number of nitrogens with one attached hydrogen (secondary N) is 1. The van der Waals surface area contributed by atoms with Gasteiger partial charge in [0.1, 0.15) is 5.00 Å². The summed E-state index contributed by atoms with van der Waals surface area (Å²) < 4.78 is 6.28. The second-order valence-electron chi connectivity index (χ2n) is 5.88. The Kier molecular flexibility index (Phi) is 5.36. The van der Waals surface area contributed by atoms with Gasteiger partial charge in [-0.25, -0.2) is 4.79 Å². The quantitative estimate of drug-likeness (QED) is 0.681. The normalized spacial score (nSPS) is 10.8. The number of carbonyl (C=O) groups is 2. The third kappa shape index (κ3) is 3.61. The van der Waals surface area contributed by atoms with E-state index < -0.39 is 11.5 Å². The van der Waals surface area contributed by atoms with E-state index >= 15 is 0 Å². The molecule has 1 aromatic carbocycles. The molecular formula is C19H19N3O4S. The van der Waals surface area contributed by atoms with Crippen molar-refractivity contribution in [2.24, 2.45) is 0 Å². The highest BCUT2D eigenvalue weighted by Crippen LogP contribution is 2.30. The molecule has 0 bridgehead atoms. The highest BCUT2D eigenvalue weighted by molar-refractivity contribution is 7.16. The van der Waals surface area contributed by atoms with Gasteiger partial charge in [0, 0.05) is 17.2 Å². The maximum Gasteiger partial charge on any atom is 0.359 e. The molecule has 1 N–H and O–H groups in total. The van der Waals surface area contributed by atoms with E-state index in [9.17, 15) is 14.4 Å². The molecule has 0 aliphatic heterocycles. The van der Waals surface area contributed by atoms with E-state index in [0.29, 0.717) is 16.1 Å². The molecule has 0 radical (unpaired) electrons. The Balaban J connectivity index is 2.31. The van der Waals surface area contributed by atoms with Crippen molar-refractivity contribution in [3.05, 3.63) is 51.3 Å². The minimum Gasteiger partial charge on any atom is -0.461 e. The standard InChI is InChI=1S/C19H19N3O4S/c1-4-14(23)20-17-15-13(10-27-17)16(19(25)26-5-2)21-22(18(15)24)12-8-6-7-11(3)9-12/h6-10H,4-5H2,1-3H3,(H,20,23). The number of carbonyl (C=O) groups excluding carboxylic acids is 2. The topological polar surface area (TPSA) is 90.3 Å². The minimum atomic E-state index is -0.616. The largest absolute Gasteiger partial charge is 0.461 e. The molecule has 0 fully saturated rings. The Morgan fingerprint density at radius 3 is 2.74 bits per heavy atom. The zero-order valence-electron chi connectivity index (χ0n) is 15.2. The first-order chi connectivity index (χ1) is 13.0. The molecule has 2 aromatic heterocycles. The Morgan fingerprint density at radius 2 is 2.07 bits per heavy atom. The van der Waals surface area contributed by atoms with Gasteiger partial charge < -0.3 is 10.1 Å². The molecule has 3 rings (SSSR count). The van der Waals surface area contributed by atoms with Gasteiger partial charge in [0.25, 0.3) is 5.56 Å². The van der Waals surface area contributed by atoms with Crippen molar-refractivity contribution in [3.8, 4) is 5.69 Å². The van der Waals surface area contributed by atoms with Crippen LogP contribution in [0.25, 0.3) is 16.5 Å². The lowest BCUT2D eigenvalue weighted by molar-refractivity contribution is -0.115. The lowest BCUT2D eigenvalue weighted by Crippen LogP contribution is -2.25. The van der Waals surface area contributed by atoms with Crippen LogP contribution in [0.15, 0.2) is 34.4 Å². The van der Waals surface area contributed by atoms with Gasteiger partial charge in [-0.05, 0) is 31.5 Å². The van der Waals surface area contributed by atoms with Crippen LogP contribution < -0.4 is 10.9 Å². The van der Waals surface area contributed by atoms with Crippen molar-refractivity contribution >= 4 is 39.0 Å². The maximum absolute atomic E-state index is 13.1. The summed E-state index contributed by atoms with van der Waals surface area (Å²) in [6.45, 7) is 5.51. The third-order valence-electron chi connectivity index (χ3n) is 3.94. The fourth-order valence-corrected chi connectivity index (χ4v) is 3.59. The van der Waals surface area contributed by atoms with Crippen LogP contribution in [0.3, 0.4) is 0 Å². The summed E-state index contributed by atoms with van der Waals surface area (Å²) in [4.78, 5) is 37.4. The molecule has 0 saturated carbocycles. The third-order valence-corrected chi connectivity index (χ3v) is 4.84. The highest BCUT2D eigenvalue weighted by Gasteiger charge is 2.22. The molecule has 3 aromatic rings. The molecule has 1 amide bonds. The van der Waals surface area contributed by atoms with Gasteiger partial charge >= 0.3 is 5.97 Å². The zero-order valence-corrected chi connectivity index (χ0v) is 16.1. The summed E-state index contributed by atoms with van der Waals surface area (Å²) in [5.74, 6) is -0.829. The summed E-state index contributed by atoms with van der Waals surface area (Å²) in [6.07, 6.45) is 0.279. The van der Waals surface area contributed by atoms with Crippen LogP contribution in [0.5, 0.6) is 0 Å². The number of anilines is 1. The SMILES string of the molecule is CCOC(=O)c1nn(-c2cccc(C)c2)c(=O)c2c(NC(=O)CC)scc12. The number of benzene rings is 1. The van der Waals surface area contributed by atoms with E-state index in [1.54, 1.807) is 37.4 Å². The predicted octanol–water partition coefficient (Wildman–Crippen LogP) is 3.28. The summed E-state index contributed by atoms with van der Waals surface area (Å²) >= 11 is 1.18. The van der Waals surface area contributed by atoms with E-state index in [1.807, 2.05) is 13.0 Å². The fourth-order valence-electron chi connectivity index (χ4n) is 2.64. The van der Waals surface area contributed by atoms with Crippen molar-refractivity contribution in [1.29, 1.82) is 0 Å². The molecule has 0 saturated heterocycles. The Labute approximate surface area is 159 Å². The van der Waals surface area contributed by atoms with E-state index in [0.717, 1.165) is 5.56 Å². The van der Waals surface area contributed by atoms with Gasteiger partial charge in [-0.15, -0.1) is 11.3 Å². The van der Waals surface area contributed by atoms with Crippen LogP contribution in [0.4, 0.5) is 5.00 Å². The second-order valence-corrected chi connectivity index (χ2v) is 6.76. The molecule has 0 unspecified atom stereocenters. The molecule has 140 valence electrons. The lowest BCUT2D eigenvalue weighted by Gasteiger charge is -2.10. The van der Waals surface area contributed by atoms with Crippen molar-refractivity contribution in [2.75, 3.05) is 11.9 Å². The Morgan fingerprint density at radius 1 is 1.30 bits per heavy atom. The zero-order chi connectivity index (χ0) is 19.6. The number of hydrogen-bond acceptors (Lipinski definition) is 6. The first kappa shape index (κ1) is 18.8. The lowest BCUT2D eigenvalue weighted by atomic mass is 10.2. The van der Waals surface area contributed by atoms with Crippen LogP contribution in [0, 0.1) is 6.92 Å². The van der Waals surface area contributed by atoms with E-state index in [1.165, 1.54) is 16.0 Å². The minimum absolute atomic E-state index is 0.0428. The molecule has 0 aliphatic rings. The molecule has 2 heterocycles. The first-order valence-electron chi connectivity index (χ1n) is 8.54. The molecule has 0 aliphatic carbocycles. The van der Waals surface area contributed by atoms with Gasteiger partial charge in [0.15, 0.2) is 5.69 Å². The number of amides is 1. The molecule has 0 spiro atoms. The van der Waals surface area contributed by atoms with Crippen LogP contribution in [0.1, 0.15) is 36.3 Å². The van der Waals surface area contributed by atoms with Gasteiger partial charge in [-0.2, -0.15) is 9.78 Å². The Hall–Kier alpha value is -3.00. The number of aryl methyl sites for hydroxylation is 1. The maximum atomic E-state index is 13.1. The number of aromatic nitrogens is 2. The van der Waals surface area contributed by atoms with E-state index in [-0.39, 0.29) is 30.0 Å². The number of hydrogen-bond donors (Lipinski definition) is 1. The van der Waals surface area contributed by atoms with Gasteiger partial charge in [-0.3, -0.25) is 9.59 Å². The highest BCUT2D eigenvalue weighted by atomic mass is 32.1. The molecule has 27 heavy (non-hydrogen) atoms. The Bertz CT molecular complexity index is 1080. The van der Waals surface area contributed by atoms with Crippen molar-refractivity contribution < 1.29 is 14.3 Å². The summed E-state index contributed by atoms with van der Waals surface area (Å²) in [7, 11) is 0. The van der Waals surface area contributed by atoms with Crippen LogP contribution in [-0.4, -0.2) is 28.3 Å². The van der Waals surface area contributed by atoms with Gasteiger partial charge in [-0.1, -0.05) is 19.1 Å². The van der Waals surface area contributed by atoms with Crippen molar-refractivity contribution in [2.45, 2.75) is 27.2 Å². The molecule has 8 heteroatoms. The summed E-state index contributed by atoms with van der Waals surface area (Å²) in [6, 6.07) is 7.24. The molecule has 7 nitrogen and oxygen atoms in total. The van der Waals surface area contributed by atoms with Crippen LogP contribution in [-0.2, 0) is 9.53 Å². The van der Waals surface area contributed by atoms with Crippen molar-refractivity contribution in [1.82, 2.24) is 9.78 Å². The number of ether oxygens (including phenoxy) is 1. The second kappa shape index (κ2) is 7.71. The number of rotatable bonds is 5. The smallest absolute Gasteiger partial charge is 0.359 e. The average molecular weight is 385 g/mol. The summed E-state index contributed by atoms with van der Waals surface area (Å²) in [5.41, 5.74) is 1.12. The van der Waals surface area contributed by atoms with E-state index in [4.69, 9.17) is 4.74 Å². The van der Waals surface area contributed by atoms with Crippen LogP contribution >= 0.6 is 11.3 Å².